The van der Waals surface area contributed by atoms with Crippen LogP contribution in [0.5, 0.6) is 5.75 Å². The molecule has 0 radical (unpaired) electrons. The van der Waals surface area contributed by atoms with Crippen LogP contribution < -0.4 is 15.0 Å². The van der Waals surface area contributed by atoms with Gasteiger partial charge in [-0.15, -0.1) is 0 Å². The molecule has 0 unspecified atom stereocenters. The summed E-state index contributed by atoms with van der Waals surface area (Å²) in [5.41, 5.74) is 3.36. The first-order chi connectivity index (χ1) is 14.0. The Morgan fingerprint density at radius 3 is 2.59 bits per heavy atom. The minimum atomic E-state index is -0.347. The number of anilines is 2. The van der Waals surface area contributed by atoms with E-state index >= 15 is 0 Å². The van der Waals surface area contributed by atoms with Crippen molar-refractivity contribution < 1.29 is 23.5 Å². The van der Waals surface area contributed by atoms with Crippen LogP contribution in [0.3, 0.4) is 0 Å². The van der Waals surface area contributed by atoms with Gasteiger partial charge in [-0.2, -0.15) is 0 Å². The Morgan fingerprint density at radius 1 is 1.07 bits per heavy atom. The minimum absolute atomic E-state index is 0.122. The number of hydrogen-bond donors (Lipinski definition) is 1. The van der Waals surface area contributed by atoms with Gasteiger partial charge in [0.05, 0.1) is 31.0 Å². The lowest BCUT2D eigenvalue weighted by Gasteiger charge is -2.29. The molecule has 7 nitrogen and oxygen atoms in total. The van der Waals surface area contributed by atoms with Gasteiger partial charge in [0.1, 0.15) is 12.3 Å². The summed E-state index contributed by atoms with van der Waals surface area (Å²) in [4.78, 5) is 38.6. The molecule has 0 saturated heterocycles. The standard InChI is InChI=1S/C22H18N2O5/c1-13(25)14-3-4-20-19(10-14)23-21(26)11-24(20)22(27)17-7-16(8-18(9-17)28-2)15-5-6-29-12-15/h3-10,12H,11H2,1-2H3,(H,23,26). The zero-order valence-corrected chi connectivity index (χ0v) is 15.9. The van der Waals surface area contributed by atoms with Crippen LogP contribution in [-0.2, 0) is 4.79 Å². The van der Waals surface area contributed by atoms with Gasteiger partial charge < -0.3 is 14.5 Å². The Morgan fingerprint density at radius 2 is 1.90 bits per heavy atom. The number of furan rings is 1. The summed E-state index contributed by atoms with van der Waals surface area (Å²) in [5, 5.41) is 2.73. The van der Waals surface area contributed by atoms with Crippen molar-refractivity contribution in [1.82, 2.24) is 0 Å². The molecule has 1 aliphatic heterocycles. The summed E-state index contributed by atoms with van der Waals surface area (Å²) in [7, 11) is 1.52. The molecule has 4 rings (SSSR count). The molecule has 7 heteroatoms. The van der Waals surface area contributed by atoms with E-state index in [4.69, 9.17) is 9.15 Å². The van der Waals surface area contributed by atoms with E-state index in [9.17, 15) is 14.4 Å². The number of ketones is 1. The molecule has 0 atom stereocenters. The van der Waals surface area contributed by atoms with Crippen LogP contribution >= 0.6 is 0 Å². The number of methoxy groups -OCH3 is 1. The third-order valence-corrected chi connectivity index (χ3v) is 4.76. The number of amides is 2. The van der Waals surface area contributed by atoms with Crippen LogP contribution in [0, 0.1) is 0 Å². The Hall–Kier alpha value is -3.87. The Balaban J connectivity index is 1.76. The minimum Gasteiger partial charge on any atom is -0.497 e. The van der Waals surface area contributed by atoms with Gasteiger partial charge in [0.25, 0.3) is 5.91 Å². The number of carbonyl (C=O) groups is 3. The Kier molecular flexibility index (Phi) is 4.64. The fraction of sp³-hybridized carbons (Fsp3) is 0.136. The van der Waals surface area contributed by atoms with Crippen LogP contribution in [0.15, 0.2) is 59.4 Å². The van der Waals surface area contributed by atoms with Crippen LogP contribution in [0.25, 0.3) is 11.1 Å². The lowest BCUT2D eigenvalue weighted by Crippen LogP contribution is -2.42. The molecular formula is C22H18N2O5. The number of nitrogens with one attached hydrogen (secondary N) is 1. The molecule has 0 spiro atoms. The van der Waals surface area contributed by atoms with Gasteiger partial charge >= 0.3 is 0 Å². The largest absolute Gasteiger partial charge is 0.497 e. The number of nitrogens with zero attached hydrogens (tertiary/aromatic N) is 1. The molecule has 1 N–H and O–H groups in total. The molecule has 0 fully saturated rings. The van der Waals surface area contributed by atoms with Gasteiger partial charge in [0, 0.05) is 16.7 Å². The maximum atomic E-state index is 13.3. The van der Waals surface area contributed by atoms with E-state index in [0.29, 0.717) is 28.3 Å². The van der Waals surface area contributed by atoms with Crippen molar-refractivity contribution in [2.24, 2.45) is 0 Å². The third kappa shape index (κ3) is 3.50. The lowest BCUT2D eigenvalue weighted by atomic mass is 10.0. The van der Waals surface area contributed by atoms with Crippen molar-refractivity contribution in [2.45, 2.75) is 6.92 Å². The van der Waals surface area contributed by atoms with Gasteiger partial charge in [0.2, 0.25) is 5.91 Å². The molecule has 2 aromatic carbocycles. The summed E-state index contributed by atoms with van der Waals surface area (Å²) in [6, 6.07) is 11.8. The van der Waals surface area contributed by atoms with Crippen molar-refractivity contribution in [3.8, 4) is 16.9 Å². The van der Waals surface area contributed by atoms with Gasteiger partial charge in [-0.25, -0.2) is 0 Å². The van der Waals surface area contributed by atoms with Crippen LogP contribution in [0.2, 0.25) is 0 Å². The van der Waals surface area contributed by atoms with E-state index in [1.807, 2.05) is 0 Å². The number of carbonyl (C=O) groups excluding carboxylic acids is 3. The monoisotopic (exact) mass is 390 g/mol. The molecule has 0 bridgehead atoms. The highest BCUT2D eigenvalue weighted by molar-refractivity contribution is 6.16. The number of hydrogen-bond acceptors (Lipinski definition) is 5. The number of Topliss-reactive ketones (excluding diaryl/α,β-unsaturated/α-hetero) is 1. The van der Waals surface area contributed by atoms with Gasteiger partial charge in [0.15, 0.2) is 5.78 Å². The maximum Gasteiger partial charge on any atom is 0.258 e. The highest BCUT2D eigenvalue weighted by Gasteiger charge is 2.28. The van der Waals surface area contributed by atoms with Crippen molar-refractivity contribution >= 4 is 29.0 Å². The van der Waals surface area contributed by atoms with E-state index in [0.717, 1.165) is 11.1 Å². The smallest absolute Gasteiger partial charge is 0.258 e. The average Bonchev–Trinajstić information content (AvgIpc) is 3.26. The molecule has 2 heterocycles. The second kappa shape index (κ2) is 7.27. The van der Waals surface area contributed by atoms with Crippen molar-refractivity contribution in [1.29, 1.82) is 0 Å². The number of rotatable bonds is 4. The van der Waals surface area contributed by atoms with Gasteiger partial charge in [-0.1, -0.05) is 0 Å². The topological polar surface area (TPSA) is 88.9 Å². The summed E-state index contributed by atoms with van der Waals surface area (Å²) in [5.74, 6) is -0.284. The van der Waals surface area contributed by atoms with Gasteiger partial charge in [-0.3, -0.25) is 19.3 Å². The fourth-order valence-corrected chi connectivity index (χ4v) is 3.28. The van der Waals surface area contributed by atoms with Crippen LogP contribution in [0.1, 0.15) is 27.6 Å². The molecule has 0 saturated carbocycles. The average molecular weight is 390 g/mol. The predicted octanol–water partition coefficient (Wildman–Crippen LogP) is 3.76. The second-order valence-corrected chi connectivity index (χ2v) is 6.69. The van der Waals surface area contributed by atoms with Crippen molar-refractivity contribution in [2.75, 3.05) is 23.9 Å². The zero-order chi connectivity index (χ0) is 20.5. The van der Waals surface area contributed by atoms with Crippen molar-refractivity contribution in [3.05, 3.63) is 66.1 Å². The summed E-state index contributed by atoms with van der Waals surface area (Å²) >= 11 is 0. The molecule has 2 amide bonds. The van der Waals surface area contributed by atoms with E-state index < -0.39 is 0 Å². The summed E-state index contributed by atoms with van der Waals surface area (Å²) in [6.45, 7) is 1.33. The van der Waals surface area contributed by atoms with Gasteiger partial charge in [-0.05, 0) is 55.0 Å². The van der Waals surface area contributed by atoms with Crippen molar-refractivity contribution in [3.63, 3.8) is 0 Å². The maximum absolute atomic E-state index is 13.3. The fourth-order valence-electron chi connectivity index (χ4n) is 3.28. The first-order valence-corrected chi connectivity index (χ1v) is 8.94. The normalized spacial score (nSPS) is 12.9. The van der Waals surface area contributed by atoms with Crippen LogP contribution in [-0.4, -0.2) is 31.3 Å². The number of ether oxygens (including phenoxy) is 1. The summed E-state index contributed by atoms with van der Waals surface area (Å²) in [6.07, 6.45) is 3.13. The SMILES string of the molecule is COc1cc(C(=O)N2CC(=O)Nc3cc(C(C)=O)ccc32)cc(-c2ccoc2)c1. The number of fused-ring (bicyclic) bond motifs is 1. The highest BCUT2D eigenvalue weighted by atomic mass is 16.5. The first kappa shape index (κ1) is 18.5. The molecule has 146 valence electrons. The molecule has 29 heavy (non-hydrogen) atoms. The summed E-state index contributed by atoms with van der Waals surface area (Å²) < 4.78 is 10.5. The Labute approximate surface area is 166 Å². The van der Waals surface area contributed by atoms with E-state index in [1.165, 1.54) is 18.9 Å². The van der Waals surface area contributed by atoms with E-state index in [2.05, 4.69) is 5.32 Å². The molecule has 1 aliphatic rings. The zero-order valence-electron chi connectivity index (χ0n) is 15.9. The quantitative estimate of drug-likeness (QED) is 0.685. The molecule has 0 aliphatic carbocycles. The molecular weight excluding hydrogens is 372 g/mol. The second-order valence-electron chi connectivity index (χ2n) is 6.69. The predicted molar refractivity (Wildman–Crippen MR) is 107 cm³/mol. The van der Waals surface area contributed by atoms with Crippen LogP contribution in [0.4, 0.5) is 11.4 Å². The highest BCUT2D eigenvalue weighted by Crippen LogP contribution is 2.33. The first-order valence-electron chi connectivity index (χ1n) is 8.94. The van der Waals surface area contributed by atoms with E-state index in [1.54, 1.807) is 55.0 Å². The number of benzene rings is 2. The van der Waals surface area contributed by atoms with E-state index in [-0.39, 0.29) is 24.1 Å². The molecule has 1 aromatic heterocycles. The Bertz CT molecular complexity index is 1120. The molecule has 3 aromatic rings. The lowest BCUT2D eigenvalue weighted by molar-refractivity contribution is -0.115. The third-order valence-electron chi connectivity index (χ3n) is 4.76.